The summed E-state index contributed by atoms with van der Waals surface area (Å²) in [5.41, 5.74) is 4.13. The van der Waals surface area contributed by atoms with Gasteiger partial charge in [-0.15, -0.1) is 0 Å². The minimum absolute atomic E-state index is 0.0623. The molecule has 1 aromatic rings. The van der Waals surface area contributed by atoms with Crippen LogP contribution in [-0.4, -0.2) is 34.4 Å². The molecule has 1 fully saturated rings. The summed E-state index contributed by atoms with van der Waals surface area (Å²) in [4.78, 5) is 20.6. The first kappa shape index (κ1) is 25.8. The van der Waals surface area contributed by atoms with Crippen LogP contribution in [0.15, 0.2) is 35.9 Å². The van der Waals surface area contributed by atoms with Crippen LogP contribution >= 0.6 is 0 Å². The van der Waals surface area contributed by atoms with Crippen molar-refractivity contribution in [1.82, 2.24) is 0 Å². The predicted octanol–water partition coefficient (Wildman–Crippen LogP) is 5.45. The van der Waals surface area contributed by atoms with Crippen LogP contribution in [0.2, 0.25) is 0 Å². The monoisotopic (exact) mass is 446 g/mol. The van der Waals surface area contributed by atoms with Crippen LogP contribution in [0.1, 0.15) is 71.4 Å². The van der Waals surface area contributed by atoms with E-state index in [1.807, 2.05) is 18.2 Å². The maximum Gasteiger partial charge on any atom is 0.309 e. The van der Waals surface area contributed by atoms with E-state index < -0.39 is 18.2 Å². The minimum atomic E-state index is -0.833. The SMILES string of the molecule is CC(=O)O.Cc1cc(C2=C(/C=C/[C@@H]3C[C@@H](O)CC(=O)O3)C(C)(C)CC(C)(C)C2)ccc1F. The molecule has 5 nitrogen and oxygen atoms in total. The summed E-state index contributed by atoms with van der Waals surface area (Å²) < 4.78 is 19.2. The van der Waals surface area contributed by atoms with Gasteiger partial charge >= 0.3 is 5.97 Å². The summed E-state index contributed by atoms with van der Waals surface area (Å²) in [7, 11) is 0. The van der Waals surface area contributed by atoms with Gasteiger partial charge in [0.25, 0.3) is 5.97 Å². The van der Waals surface area contributed by atoms with Gasteiger partial charge in [-0.2, -0.15) is 0 Å². The van der Waals surface area contributed by atoms with Crippen LogP contribution in [0, 0.1) is 23.6 Å². The number of aliphatic hydroxyl groups excluding tert-OH is 1. The molecular weight excluding hydrogens is 411 g/mol. The Labute approximate surface area is 190 Å². The summed E-state index contributed by atoms with van der Waals surface area (Å²) in [6, 6.07) is 5.31. The molecule has 0 saturated carbocycles. The number of aliphatic carboxylic acids is 1. The molecule has 1 heterocycles. The number of benzene rings is 1. The third-order valence-corrected chi connectivity index (χ3v) is 5.80. The Morgan fingerprint density at radius 1 is 1.25 bits per heavy atom. The number of hydrogen-bond donors (Lipinski definition) is 2. The lowest BCUT2D eigenvalue weighted by molar-refractivity contribution is -0.156. The van der Waals surface area contributed by atoms with E-state index in [0.717, 1.165) is 25.3 Å². The van der Waals surface area contributed by atoms with Gasteiger partial charge in [0.2, 0.25) is 0 Å². The number of allylic oxidation sites excluding steroid dienone is 3. The zero-order valence-electron chi connectivity index (χ0n) is 19.9. The molecule has 2 atom stereocenters. The smallest absolute Gasteiger partial charge is 0.309 e. The van der Waals surface area contributed by atoms with Crippen molar-refractivity contribution in [1.29, 1.82) is 0 Å². The first-order valence-electron chi connectivity index (χ1n) is 11.0. The van der Waals surface area contributed by atoms with Crippen molar-refractivity contribution in [2.75, 3.05) is 0 Å². The minimum Gasteiger partial charge on any atom is -0.481 e. The number of cyclic esters (lactones) is 1. The van der Waals surface area contributed by atoms with Gasteiger partial charge in [-0.25, -0.2) is 4.39 Å². The summed E-state index contributed by atoms with van der Waals surface area (Å²) in [5, 5.41) is 17.3. The van der Waals surface area contributed by atoms with Crippen LogP contribution in [-0.2, 0) is 14.3 Å². The highest BCUT2D eigenvalue weighted by Crippen LogP contribution is 2.52. The van der Waals surface area contributed by atoms with Gasteiger partial charge in [0, 0.05) is 13.3 Å². The number of halogens is 1. The molecule has 0 amide bonds. The molecule has 0 unspecified atom stereocenters. The van der Waals surface area contributed by atoms with E-state index in [-0.39, 0.29) is 29.0 Å². The summed E-state index contributed by atoms with van der Waals surface area (Å²) in [6.07, 6.45) is 5.29. The summed E-state index contributed by atoms with van der Waals surface area (Å²) in [6.45, 7) is 11.9. The number of hydrogen-bond acceptors (Lipinski definition) is 4. The van der Waals surface area contributed by atoms with Gasteiger partial charge in [-0.05, 0) is 71.1 Å². The fraction of sp³-hybridized carbons (Fsp3) is 0.538. The average molecular weight is 447 g/mol. The van der Waals surface area contributed by atoms with Crippen LogP contribution in [0.25, 0.3) is 5.57 Å². The zero-order chi connectivity index (χ0) is 24.3. The van der Waals surface area contributed by atoms with Crippen LogP contribution in [0.5, 0.6) is 0 Å². The van der Waals surface area contributed by atoms with E-state index in [0.29, 0.717) is 12.0 Å². The maximum atomic E-state index is 13.8. The summed E-state index contributed by atoms with van der Waals surface area (Å²) in [5.74, 6) is -1.39. The lowest BCUT2D eigenvalue weighted by Crippen LogP contribution is -2.32. The van der Waals surface area contributed by atoms with Gasteiger partial charge in [0.1, 0.15) is 11.9 Å². The standard InChI is InChI=1S/C24H31FO3.C2H4O2/c1-15-10-16(6-9-21(15)25)19-13-23(2,3)14-24(4,5)20(19)8-7-18-11-17(26)12-22(27)28-18;1-2(3)4/h6-10,17-18,26H,11-14H2,1-5H3;1H3,(H,3,4)/b8-7+;/t17-,18-;/m1./s1. The molecule has 3 rings (SSSR count). The van der Waals surface area contributed by atoms with Crippen molar-refractivity contribution >= 4 is 17.5 Å². The number of rotatable bonds is 3. The highest BCUT2D eigenvalue weighted by Gasteiger charge is 2.38. The predicted molar refractivity (Wildman–Crippen MR) is 122 cm³/mol. The normalized spacial score (nSPS) is 24.6. The van der Waals surface area contributed by atoms with Gasteiger partial charge < -0.3 is 14.9 Å². The number of esters is 1. The van der Waals surface area contributed by atoms with Gasteiger partial charge in [0.05, 0.1) is 12.5 Å². The van der Waals surface area contributed by atoms with Gasteiger partial charge in [-0.1, -0.05) is 39.8 Å². The largest absolute Gasteiger partial charge is 0.481 e. The Balaban J connectivity index is 0.000000837. The fourth-order valence-corrected chi connectivity index (χ4v) is 4.88. The number of carboxylic acid groups (broad SMARTS) is 1. The second-order valence-corrected chi connectivity index (χ2v) is 10.3. The number of carboxylic acids is 1. The van der Waals surface area contributed by atoms with Gasteiger partial charge in [0.15, 0.2) is 0 Å². The van der Waals surface area contributed by atoms with E-state index in [2.05, 4.69) is 33.8 Å². The molecule has 176 valence electrons. The summed E-state index contributed by atoms with van der Waals surface area (Å²) >= 11 is 0. The molecule has 0 spiro atoms. The van der Waals surface area contributed by atoms with E-state index in [1.165, 1.54) is 17.2 Å². The van der Waals surface area contributed by atoms with E-state index >= 15 is 0 Å². The van der Waals surface area contributed by atoms with E-state index in [4.69, 9.17) is 14.6 Å². The molecule has 0 aromatic heterocycles. The van der Waals surface area contributed by atoms with Crippen LogP contribution < -0.4 is 0 Å². The number of ether oxygens (including phenoxy) is 1. The van der Waals surface area contributed by atoms with Gasteiger partial charge in [-0.3, -0.25) is 9.59 Å². The van der Waals surface area contributed by atoms with Crippen LogP contribution in [0.3, 0.4) is 0 Å². The first-order valence-corrected chi connectivity index (χ1v) is 11.0. The van der Waals surface area contributed by atoms with E-state index in [9.17, 15) is 14.3 Å². The Morgan fingerprint density at radius 2 is 1.88 bits per heavy atom. The lowest BCUT2D eigenvalue weighted by atomic mass is 9.61. The molecule has 1 aliphatic heterocycles. The van der Waals surface area contributed by atoms with Crippen molar-refractivity contribution in [3.63, 3.8) is 0 Å². The second-order valence-electron chi connectivity index (χ2n) is 10.3. The van der Waals surface area contributed by atoms with Crippen molar-refractivity contribution < 1.29 is 28.9 Å². The van der Waals surface area contributed by atoms with Crippen molar-refractivity contribution in [2.45, 2.75) is 79.4 Å². The third-order valence-electron chi connectivity index (χ3n) is 5.80. The Morgan fingerprint density at radius 3 is 2.44 bits per heavy atom. The molecular formula is C26H35FO5. The highest BCUT2D eigenvalue weighted by molar-refractivity contribution is 5.74. The number of carbonyl (C=O) groups is 2. The first-order chi connectivity index (χ1) is 14.7. The highest BCUT2D eigenvalue weighted by atomic mass is 19.1. The Hall–Kier alpha value is -2.47. The molecule has 2 N–H and O–H groups in total. The molecule has 1 saturated heterocycles. The quantitative estimate of drug-likeness (QED) is 0.604. The second kappa shape index (κ2) is 9.99. The molecule has 0 bridgehead atoms. The van der Waals surface area contributed by atoms with Crippen molar-refractivity contribution in [2.24, 2.45) is 10.8 Å². The van der Waals surface area contributed by atoms with Crippen molar-refractivity contribution in [3.05, 3.63) is 52.9 Å². The maximum absolute atomic E-state index is 13.8. The third kappa shape index (κ3) is 7.02. The van der Waals surface area contributed by atoms with E-state index in [1.54, 1.807) is 6.92 Å². The van der Waals surface area contributed by atoms with Crippen molar-refractivity contribution in [3.8, 4) is 0 Å². The molecule has 1 aromatic carbocycles. The molecule has 2 aliphatic rings. The molecule has 32 heavy (non-hydrogen) atoms. The zero-order valence-corrected chi connectivity index (χ0v) is 19.9. The fourth-order valence-electron chi connectivity index (χ4n) is 4.88. The molecule has 6 heteroatoms. The number of aliphatic hydroxyl groups is 1. The molecule has 0 radical (unpaired) electrons. The van der Waals surface area contributed by atoms with Crippen LogP contribution in [0.4, 0.5) is 4.39 Å². The number of carbonyl (C=O) groups excluding carboxylic acids is 1. The molecule has 1 aliphatic carbocycles. The Bertz CT molecular complexity index is 922. The average Bonchev–Trinajstić information content (AvgIpc) is 2.60. The lowest BCUT2D eigenvalue weighted by Gasteiger charge is -2.43. The Kier molecular flexibility index (Phi) is 8.05. The number of aryl methyl sites for hydroxylation is 1. The topological polar surface area (TPSA) is 83.8 Å².